The Bertz CT molecular complexity index is 1160. The third kappa shape index (κ3) is 5.66. The lowest BCUT2D eigenvalue weighted by atomic mass is 10.1. The Morgan fingerprint density at radius 2 is 2.03 bits per heavy atom. The van der Waals surface area contributed by atoms with Crippen LogP contribution in [0.25, 0.3) is 10.9 Å². The summed E-state index contributed by atoms with van der Waals surface area (Å²) < 4.78 is 20.5. The normalized spacial score (nSPS) is 10.4. The van der Waals surface area contributed by atoms with Gasteiger partial charge in [-0.2, -0.15) is 0 Å². The summed E-state index contributed by atoms with van der Waals surface area (Å²) in [5.41, 5.74) is 0.967. The largest absolute Gasteiger partial charge is 0.489 e. The van der Waals surface area contributed by atoms with Gasteiger partial charge in [-0.15, -0.1) is 0 Å². The van der Waals surface area contributed by atoms with Crippen LogP contribution >= 0.6 is 15.9 Å². The second-order valence-corrected chi connectivity index (χ2v) is 7.03. The van der Waals surface area contributed by atoms with Crippen molar-refractivity contribution >= 4 is 56.0 Å². The third-order valence-corrected chi connectivity index (χ3v) is 4.49. The molecule has 0 aliphatic heterocycles. The molecule has 2 aromatic carbocycles. The van der Waals surface area contributed by atoms with Gasteiger partial charge in [0.15, 0.2) is 0 Å². The molecule has 4 N–H and O–H groups in total. The molecule has 0 aliphatic carbocycles. The highest BCUT2D eigenvalue weighted by Crippen LogP contribution is 2.34. The summed E-state index contributed by atoms with van der Waals surface area (Å²) in [6.45, 7) is 3.49. The molecule has 160 valence electrons. The smallest absolute Gasteiger partial charge is 0.404 e. The lowest BCUT2D eigenvalue weighted by molar-refractivity contribution is -0.111. The molecule has 0 fully saturated rings. The molecule has 0 bridgehead atoms. The molecule has 1 aromatic heterocycles. The fourth-order valence-corrected chi connectivity index (χ4v) is 2.95. The summed E-state index contributed by atoms with van der Waals surface area (Å²) in [7, 11) is 0. The Kier molecular flexibility index (Phi) is 6.98. The first-order chi connectivity index (χ1) is 14.9. The van der Waals surface area contributed by atoms with Crippen LogP contribution in [0.4, 0.5) is 26.4 Å². The number of ether oxygens (including phenoxy) is 1. The summed E-state index contributed by atoms with van der Waals surface area (Å²) in [5, 5.41) is 16.9. The highest BCUT2D eigenvalue weighted by molar-refractivity contribution is 9.10. The van der Waals surface area contributed by atoms with E-state index in [1.807, 2.05) is 0 Å². The molecular formula is C20H17BrFN5O4. The van der Waals surface area contributed by atoms with Crippen LogP contribution in [0.15, 0.2) is 53.8 Å². The maximum Gasteiger partial charge on any atom is 0.404 e. The van der Waals surface area contributed by atoms with Gasteiger partial charge in [0.1, 0.15) is 30.3 Å². The van der Waals surface area contributed by atoms with Crippen LogP contribution in [0.1, 0.15) is 0 Å². The van der Waals surface area contributed by atoms with Crippen LogP contribution in [0.5, 0.6) is 5.75 Å². The lowest BCUT2D eigenvalue weighted by Gasteiger charge is -2.15. The Morgan fingerprint density at radius 1 is 1.23 bits per heavy atom. The van der Waals surface area contributed by atoms with Crippen LogP contribution in [0.2, 0.25) is 0 Å². The van der Waals surface area contributed by atoms with Crippen LogP contribution in [0, 0.1) is 5.82 Å². The number of rotatable bonds is 8. The Balaban J connectivity index is 1.97. The van der Waals surface area contributed by atoms with Gasteiger partial charge < -0.3 is 25.8 Å². The average Bonchev–Trinajstić information content (AvgIpc) is 2.73. The van der Waals surface area contributed by atoms with Crippen molar-refractivity contribution in [3.05, 3.63) is 59.6 Å². The number of halogens is 2. The van der Waals surface area contributed by atoms with Gasteiger partial charge in [0, 0.05) is 15.9 Å². The molecule has 3 rings (SSSR count). The van der Waals surface area contributed by atoms with E-state index in [-0.39, 0.29) is 24.6 Å². The molecule has 0 unspecified atom stereocenters. The average molecular weight is 490 g/mol. The number of amides is 2. The number of hydrogen-bond acceptors (Lipinski definition) is 6. The summed E-state index contributed by atoms with van der Waals surface area (Å²) in [5.74, 6) is -0.362. The quantitative estimate of drug-likeness (QED) is 0.277. The topological polar surface area (TPSA) is 125 Å². The minimum absolute atomic E-state index is 0.0229. The van der Waals surface area contributed by atoms with Gasteiger partial charge in [-0.1, -0.05) is 22.5 Å². The molecule has 0 radical (unpaired) electrons. The maximum atomic E-state index is 14.3. The molecule has 9 nitrogen and oxygen atoms in total. The molecule has 0 saturated carbocycles. The summed E-state index contributed by atoms with van der Waals surface area (Å²) in [4.78, 5) is 30.8. The van der Waals surface area contributed by atoms with Crippen LogP contribution in [0.3, 0.4) is 0 Å². The zero-order valence-corrected chi connectivity index (χ0v) is 17.6. The minimum atomic E-state index is -1.18. The molecule has 1 heterocycles. The van der Waals surface area contributed by atoms with Gasteiger partial charge in [-0.3, -0.25) is 4.79 Å². The molecule has 0 spiro atoms. The van der Waals surface area contributed by atoms with E-state index < -0.39 is 17.8 Å². The minimum Gasteiger partial charge on any atom is -0.489 e. The summed E-state index contributed by atoms with van der Waals surface area (Å²) >= 11 is 3.21. The summed E-state index contributed by atoms with van der Waals surface area (Å²) in [6.07, 6.45) is 1.22. The van der Waals surface area contributed by atoms with E-state index >= 15 is 0 Å². The number of anilines is 3. The number of hydrogen-bond donors (Lipinski definition) is 4. The molecule has 31 heavy (non-hydrogen) atoms. The van der Waals surface area contributed by atoms with E-state index in [1.54, 1.807) is 24.3 Å². The Labute approximate surface area is 184 Å². The van der Waals surface area contributed by atoms with Crippen molar-refractivity contribution in [1.29, 1.82) is 0 Å². The van der Waals surface area contributed by atoms with E-state index in [1.165, 1.54) is 12.4 Å². The van der Waals surface area contributed by atoms with Crippen LogP contribution < -0.4 is 20.7 Å². The number of aromatic nitrogens is 2. The third-order valence-electron chi connectivity index (χ3n) is 4.00. The Morgan fingerprint density at radius 3 is 2.74 bits per heavy atom. The predicted molar refractivity (Wildman–Crippen MR) is 117 cm³/mol. The van der Waals surface area contributed by atoms with Gasteiger partial charge in [0.25, 0.3) is 0 Å². The zero-order chi connectivity index (χ0) is 22.4. The van der Waals surface area contributed by atoms with Gasteiger partial charge in [-0.25, -0.2) is 19.2 Å². The number of carboxylic acid groups (broad SMARTS) is 1. The van der Waals surface area contributed by atoms with Gasteiger partial charge in [0.2, 0.25) is 5.91 Å². The van der Waals surface area contributed by atoms with Gasteiger partial charge in [0.05, 0.1) is 23.4 Å². The van der Waals surface area contributed by atoms with Gasteiger partial charge >= 0.3 is 6.09 Å². The highest BCUT2D eigenvalue weighted by atomic mass is 79.9. The van der Waals surface area contributed by atoms with Crippen molar-refractivity contribution < 1.29 is 23.8 Å². The number of benzene rings is 2. The molecule has 0 aliphatic rings. The van der Waals surface area contributed by atoms with Crippen molar-refractivity contribution in [3.63, 3.8) is 0 Å². The monoisotopic (exact) mass is 489 g/mol. The van der Waals surface area contributed by atoms with Crippen molar-refractivity contribution in [2.24, 2.45) is 0 Å². The molecule has 2 amide bonds. The zero-order valence-electron chi connectivity index (χ0n) is 16.0. The number of carbonyl (C=O) groups is 2. The number of nitrogens with one attached hydrogen (secondary N) is 3. The van der Waals surface area contributed by atoms with Crippen molar-refractivity contribution in [2.75, 3.05) is 23.8 Å². The van der Waals surface area contributed by atoms with E-state index in [0.717, 1.165) is 6.08 Å². The van der Waals surface area contributed by atoms with Gasteiger partial charge in [-0.05, 0) is 30.3 Å². The lowest BCUT2D eigenvalue weighted by Crippen LogP contribution is -2.26. The van der Waals surface area contributed by atoms with Crippen molar-refractivity contribution in [1.82, 2.24) is 15.3 Å². The second kappa shape index (κ2) is 9.85. The fraction of sp³-hybridized carbons (Fsp3) is 0.100. The van der Waals surface area contributed by atoms with E-state index in [4.69, 9.17) is 9.84 Å². The maximum absolute atomic E-state index is 14.3. The van der Waals surface area contributed by atoms with Crippen LogP contribution in [-0.4, -0.2) is 40.2 Å². The van der Waals surface area contributed by atoms with E-state index in [2.05, 4.69) is 48.4 Å². The van der Waals surface area contributed by atoms with Crippen molar-refractivity contribution in [2.45, 2.75) is 0 Å². The predicted octanol–water partition coefficient (Wildman–Crippen LogP) is 4.05. The number of carbonyl (C=O) groups excluding carboxylic acids is 1. The second-order valence-electron chi connectivity index (χ2n) is 6.11. The fourth-order valence-electron chi connectivity index (χ4n) is 2.62. The molecular weight excluding hydrogens is 473 g/mol. The molecule has 0 atom stereocenters. The summed E-state index contributed by atoms with van der Waals surface area (Å²) in [6, 6.07) is 7.70. The van der Waals surface area contributed by atoms with Crippen molar-refractivity contribution in [3.8, 4) is 5.75 Å². The number of fused-ring (bicyclic) bond motifs is 1. The number of nitrogens with zero attached hydrogens (tertiary/aromatic N) is 2. The standard InChI is InChI=1S/C20H17BrFN5O4/c1-2-18(28)26-16-8-12-15(9-17(16)31-6-5-23-20(29)30)24-10-25-19(12)27-14-4-3-11(21)7-13(14)22/h2-4,7-10,23H,1,5-6H2,(H,26,28)(H,29,30)(H,24,25,27). The van der Waals surface area contributed by atoms with Crippen LogP contribution in [-0.2, 0) is 4.79 Å². The molecule has 0 saturated heterocycles. The Hall–Kier alpha value is -3.73. The van der Waals surface area contributed by atoms with E-state index in [9.17, 15) is 14.0 Å². The van der Waals surface area contributed by atoms with E-state index in [0.29, 0.717) is 26.9 Å². The molecule has 3 aromatic rings. The molecule has 11 heteroatoms. The first-order valence-corrected chi connectivity index (χ1v) is 9.70. The highest BCUT2D eigenvalue weighted by Gasteiger charge is 2.14. The SMILES string of the molecule is C=CC(=O)Nc1cc2c(Nc3ccc(Br)cc3F)ncnc2cc1OCCNC(=O)O. The first kappa shape index (κ1) is 22.0. The first-order valence-electron chi connectivity index (χ1n) is 8.91.